The zero-order valence-corrected chi connectivity index (χ0v) is 13.6. The van der Waals surface area contributed by atoms with Crippen molar-refractivity contribution in [3.05, 3.63) is 41.2 Å². The van der Waals surface area contributed by atoms with Crippen molar-refractivity contribution in [1.82, 2.24) is 9.78 Å². The van der Waals surface area contributed by atoms with Gasteiger partial charge in [-0.25, -0.2) is 13.2 Å². The van der Waals surface area contributed by atoms with Crippen LogP contribution in [0.15, 0.2) is 29.3 Å². The number of carboxylic acids is 1. The molecule has 0 fully saturated rings. The van der Waals surface area contributed by atoms with Crippen LogP contribution in [0.5, 0.6) is 0 Å². The number of hydrogen-bond donors (Lipinski definition) is 1. The highest BCUT2D eigenvalue weighted by atomic mass is 32.2. The monoisotopic (exact) mass is 375 g/mol. The van der Waals surface area contributed by atoms with Crippen molar-refractivity contribution in [3.63, 3.8) is 0 Å². The topological polar surface area (TPSA) is 92.5 Å². The van der Waals surface area contributed by atoms with E-state index in [4.69, 9.17) is 5.11 Å². The molecule has 2 aromatic rings. The van der Waals surface area contributed by atoms with Gasteiger partial charge in [0.25, 0.3) is 10.0 Å². The summed E-state index contributed by atoms with van der Waals surface area (Å²) in [5, 5.41) is 12.2. The van der Waals surface area contributed by atoms with Gasteiger partial charge in [-0.3, -0.25) is 8.99 Å². The Kier molecular flexibility index (Phi) is 3.78. The molecular formula is C14H12F3N3O4S. The number of nitrogens with zero attached hydrogens (tertiary/aromatic N) is 3. The second kappa shape index (κ2) is 5.48. The Balaban J connectivity index is 2.09. The van der Waals surface area contributed by atoms with Gasteiger partial charge in [0.05, 0.1) is 11.3 Å². The Morgan fingerprint density at radius 2 is 2.00 bits per heavy atom. The second-order valence-corrected chi connectivity index (χ2v) is 7.32. The summed E-state index contributed by atoms with van der Waals surface area (Å²) in [7, 11) is -3.30. The van der Waals surface area contributed by atoms with Crippen LogP contribution in [0.25, 0.3) is 0 Å². The number of aromatic nitrogens is 2. The summed E-state index contributed by atoms with van der Waals surface area (Å²) in [6.45, 7) is -0.0765. The summed E-state index contributed by atoms with van der Waals surface area (Å²) in [4.78, 5) is 10.1. The average Bonchev–Trinajstić information content (AvgIpc) is 3.09. The number of benzene rings is 1. The molecule has 7 nitrogen and oxygen atoms in total. The van der Waals surface area contributed by atoms with E-state index in [9.17, 15) is 26.4 Å². The minimum absolute atomic E-state index is 0.0182. The van der Waals surface area contributed by atoms with Gasteiger partial charge in [-0.1, -0.05) is 0 Å². The number of sulfonamides is 1. The number of rotatable bonds is 3. The molecule has 0 radical (unpaired) electrons. The Morgan fingerprint density at radius 1 is 1.32 bits per heavy atom. The van der Waals surface area contributed by atoms with Crippen LogP contribution in [0.3, 0.4) is 0 Å². The zero-order valence-electron chi connectivity index (χ0n) is 12.8. The molecule has 0 unspecified atom stereocenters. The number of hydrogen-bond acceptors (Lipinski definition) is 4. The van der Waals surface area contributed by atoms with Gasteiger partial charge in [0.2, 0.25) is 0 Å². The number of alkyl halides is 3. The third-order valence-electron chi connectivity index (χ3n) is 3.81. The minimum Gasteiger partial charge on any atom is -0.478 e. The molecule has 1 aliphatic rings. The van der Waals surface area contributed by atoms with Gasteiger partial charge in [-0.15, -0.1) is 0 Å². The van der Waals surface area contributed by atoms with Crippen molar-refractivity contribution < 1.29 is 31.5 Å². The summed E-state index contributed by atoms with van der Waals surface area (Å²) in [6.07, 6.45) is -3.90. The number of halogens is 3. The van der Waals surface area contributed by atoms with E-state index >= 15 is 0 Å². The molecule has 1 N–H and O–H groups in total. The lowest BCUT2D eigenvalue weighted by molar-refractivity contribution is -0.143. The lowest BCUT2D eigenvalue weighted by Gasteiger charge is -2.19. The van der Waals surface area contributed by atoms with Crippen LogP contribution in [0.1, 0.15) is 21.6 Å². The normalized spacial score (nSPS) is 14.6. The highest BCUT2D eigenvalue weighted by Gasteiger charge is 2.43. The number of fused-ring (bicyclic) bond motifs is 1. The van der Waals surface area contributed by atoms with Gasteiger partial charge in [0.15, 0.2) is 5.69 Å². The second-order valence-electron chi connectivity index (χ2n) is 5.49. The molecular weight excluding hydrogens is 363 g/mol. The number of aromatic carboxylic acids is 1. The van der Waals surface area contributed by atoms with E-state index in [-0.39, 0.29) is 24.2 Å². The molecule has 0 amide bonds. The Morgan fingerprint density at radius 3 is 2.60 bits per heavy atom. The van der Waals surface area contributed by atoms with Crippen molar-refractivity contribution in [2.24, 2.45) is 7.05 Å². The van der Waals surface area contributed by atoms with Crippen LogP contribution in [0, 0.1) is 0 Å². The molecule has 0 aliphatic carbocycles. The van der Waals surface area contributed by atoms with Crippen molar-refractivity contribution >= 4 is 21.7 Å². The first-order valence-corrected chi connectivity index (χ1v) is 8.45. The zero-order chi connectivity index (χ0) is 18.6. The number of carboxylic acid groups (broad SMARTS) is 1. The van der Waals surface area contributed by atoms with Crippen LogP contribution in [-0.4, -0.2) is 35.8 Å². The summed E-state index contributed by atoms with van der Waals surface area (Å²) >= 11 is 0. The fourth-order valence-electron chi connectivity index (χ4n) is 2.72. The molecule has 0 bridgehead atoms. The maximum absolute atomic E-state index is 13.1. The molecule has 1 aromatic carbocycles. The van der Waals surface area contributed by atoms with Crippen molar-refractivity contribution in [2.75, 3.05) is 10.8 Å². The molecule has 134 valence electrons. The predicted octanol–water partition coefficient (Wildman–Crippen LogP) is 1.89. The van der Waals surface area contributed by atoms with Gasteiger partial charge in [-0.05, 0) is 30.2 Å². The maximum Gasteiger partial charge on any atom is 0.436 e. The lowest BCUT2D eigenvalue weighted by atomic mass is 10.1. The number of anilines is 1. The summed E-state index contributed by atoms with van der Waals surface area (Å²) < 4.78 is 66.4. The Bertz CT molecular complexity index is 966. The van der Waals surface area contributed by atoms with E-state index < -0.39 is 32.8 Å². The molecule has 11 heteroatoms. The van der Waals surface area contributed by atoms with E-state index in [1.807, 2.05) is 0 Å². The first-order valence-electron chi connectivity index (χ1n) is 7.01. The van der Waals surface area contributed by atoms with Crippen molar-refractivity contribution in [2.45, 2.75) is 17.5 Å². The van der Waals surface area contributed by atoms with Crippen LogP contribution in [0.4, 0.5) is 18.9 Å². The van der Waals surface area contributed by atoms with E-state index in [0.29, 0.717) is 5.56 Å². The fourth-order valence-corrected chi connectivity index (χ4v) is 4.42. The molecule has 1 aliphatic heterocycles. The minimum atomic E-state index is -4.92. The van der Waals surface area contributed by atoms with Gasteiger partial charge < -0.3 is 5.11 Å². The van der Waals surface area contributed by atoms with Crippen molar-refractivity contribution in [1.29, 1.82) is 0 Å². The van der Waals surface area contributed by atoms with E-state index in [1.165, 1.54) is 25.2 Å². The molecule has 25 heavy (non-hydrogen) atoms. The number of aryl methyl sites for hydroxylation is 1. The smallest absolute Gasteiger partial charge is 0.436 e. The molecule has 1 aromatic heterocycles. The summed E-state index contributed by atoms with van der Waals surface area (Å²) in [5.74, 6) is -1.17. The molecule has 0 saturated carbocycles. The first-order chi connectivity index (χ1) is 11.5. The largest absolute Gasteiger partial charge is 0.478 e. The third-order valence-corrected chi connectivity index (χ3v) is 5.63. The van der Waals surface area contributed by atoms with E-state index in [1.54, 1.807) is 0 Å². The molecule has 0 saturated heterocycles. The van der Waals surface area contributed by atoms with Crippen molar-refractivity contribution in [3.8, 4) is 0 Å². The predicted molar refractivity (Wildman–Crippen MR) is 79.8 cm³/mol. The van der Waals surface area contributed by atoms with Gasteiger partial charge in [0, 0.05) is 19.8 Å². The fraction of sp³-hybridized carbons (Fsp3) is 0.286. The Labute approximate surface area is 140 Å². The van der Waals surface area contributed by atoms with Crippen LogP contribution >= 0.6 is 0 Å². The average molecular weight is 375 g/mol. The van der Waals surface area contributed by atoms with Crippen LogP contribution in [0.2, 0.25) is 0 Å². The molecule has 0 spiro atoms. The number of carbonyl (C=O) groups is 1. The maximum atomic E-state index is 13.1. The van der Waals surface area contributed by atoms with Crippen LogP contribution < -0.4 is 4.31 Å². The highest BCUT2D eigenvalue weighted by molar-refractivity contribution is 7.93. The highest BCUT2D eigenvalue weighted by Crippen LogP contribution is 2.38. The lowest BCUT2D eigenvalue weighted by Crippen LogP contribution is -2.30. The third kappa shape index (κ3) is 2.84. The SMILES string of the molecule is Cn1cc(S(=O)(=O)N2CCc3cc(C(=O)O)ccc32)c(C(F)(F)F)n1. The quantitative estimate of drug-likeness (QED) is 0.884. The molecule has 0 atom stereocenters. The molecule has 3 rings (SSSR count). The standard InChI is InChI=1S/C14H12F3N3O4S/c1-19-7-11(12(18-19)14(15,16)17)25(23,24)20-5-4-8-6-9(13(21)22)2-3-10(8)20/h2-3,6-7H,4-5H2,1H3,(H,21,22). The van der Waals surface area contributed by atoms with Gasteiger partial charge in [-0.2, -0.15) is 18.3 Å². The molecule has 2 heterocycles. The first kappa shape index (κ1) is 17.3. The van der Waals surface area contributed by atoms with Gasteiger partial charge >= 0.3 is 12.1 Å². The van der Waals surface area contributed by atoms with E-state index in [0.717, 1.165) is 15.2 Å². The van der Waals surface area contributed by atoms with E-state index in [2.05, 4.69) is 5.10 Å². The summed E-state index contributed by atoms with van der Waals surface area (Å²) in [6, 6.07) is 3.82. The summed E-state index contributed by atoms with van der Waals surface area (Å²) in [5.41, 5.74) is -0.885. The van der Waals surface area contributed by atoms with Gasteiger partial charge in [0.1, 0.15) is 4.90 Å². The Hall–Kier alpha value is -2.56. The van der Waals surface area contributed by atoms with Crippen LogP contribution in [-0.2, 0) is 29.7 Å².